The van der Waals surface area contributed by atoms with Crippen molar-refractivity contribution in [1.82, 2.24) is 19.8 Å². The van der Waals surface area contributed by atoms with Gasteiger partial charge in [0.15, 0.2) is 0 Å². The molecule has 0 radical (unpaired) electrons. The highest BCUT2D eigenvalue weighted by Crippen LogP contribution is 2.41. The standard InChI is InChI=1S/C27H35FN4O3/c1-27(8-2-9-27)18-31-10-5-19(6-11-31)17-35-26-29-14-21(15-30-26)23-4-3-20(13-24(23)28)25(34)32-12-7-22(33)16-32/h3-4,13-15,19,22,33H,2,5-12,16-18H2,1H3/t22-/m0/s1. The number of aliphatic hydroxyl groups excluding tert-OH is 1. The van der Waals surface area contributed by atoms with Gasteiger partial charge in [-0.3, -0.25) is 4.79 Å². The van der Waals surface area contributed by atoms with Gasteiger partial charge in [0.05, 0.1) is 12.7 Å². The Morgan fingerprint density at radius 2 is 1.91 bits per heavy atom. The van der Waals surface area contributed by atoms with E-state index in [1.807, 2.05) is 0 Å². The van der Waals surface area contributed by atoms with Crippen LogP contribution < -0.4 is 4.74 Å². The van der Waals surface area contributed by atoms with Crippen molar-refractivity contribution >= 4 is 5.91 Å². The summed E-state index contributed by atoms with van der Waals surface area (Å²) in [4.78, 5) is 25.2. The fraction of sp³-hybridized carbons (Fsp3) is 0.593. The molecule has 1 aromatic heterocycles. The summed E-state index contributed by atoms with van der Waals surface area (Å²) in [7, 11) is 0. The molecule has 2 aliphatic heterocycles. The highest BCUT2D eigenvalue weighted by atomic mass is 19.1. The number of rotatable bonds is 7. The number of hydrogen-bond acceptors (Lipinski definition) is 6. The van der Waals surface area contributed by atoms with E-state index >= 15 is 0 Å². The number of benzene rings is 1. The van der Waals surface area contributed by atoms with E-state index in [1.54, 1.807) is 29.4 Å². The zero-order valence-electron chi connectivity index (χ0n) is 20.5. The lowest BCUT2D eigenvalue weighted by Gasteiger charge is -2.44. The third-order valence-corrected chi connectivity index (χ3v) is 7.93. The molecule has 1 N–H and O–H groups in total. The molecule has 2 saturated heterocycles. The number of likely N-dealkylation sites (tertiary alicyclic amines) is 2. The predicted molar refractivity (Wildman–Crippen MR) is 131 cm³/mol. The van der Waals surface area contributed by atoms with E-state index < -0.39 is 11.9 Å². The van der Waals surface area contributed by atoms with Crippen LogP contribution in [0.2, 0.25) is 0 Å². The second kappa shape index (κ2) is 10.2. The molecule has 3 heterocycles. The summed E-state index contributed by atoms with van der Waals surface area (Å²) in [6, 6.07) is 4.72. The topological polar surface area (TPSA) is 78.8 Å². The Hall–Kier alpha value is -2.58. The van der Waals surface area contributed by atoms with Gasteiger partial charge in [0.2, 0.25) is 0 Å². The van der Waals surface area contributed by atoms with Crippen LogP contribution in [0.25, 0.3) is 11.1 Å². The molecule has 1 aliphatic carbocycles. The molecule has 2 aromatic rings. The Kier molecular flexibility index (Phi) is 7.02. The molecule has 0 spiro atoms. The largest absolute Gasteiger partial charge is 0.463 e. The van der Waals surface area contributed by atoms with Gasteiger partial charge in [0, 0.05) is 48.7 Å². The fourth-order valence-corrected chi connectivity index (χ4v) is 5.50. The van der Waals surface area contributed by atoms with Crippen molar-refractivity contribution in [3.63, 3.8) is 0 Å². The molecule has 1 atom stereocenters. The Morgan fingerprint density at radius 1 is 1.17 bits per heavy atom. The maximum Gasteiger partial charge on any atom is 0.316 e. The number of carbonyl (C=O) groups is 1. The van der Waals surface area contributed by atoms with Gasteiger partial charge in [0.25, 0.3) is 5.91 Å². The van der Waals surface area contributed by atoms with Crippen molar-refractivity contribution in [3.05, 3.63) is 42.0 Å². The zero-order valence-corrected chi connectivity index (χ0v) is 20.5. The molecule has 3 fully saturated rings. The second-order valence-electron chi connectivity index (χ2n) is 10.8. The summed E-state index contributed by atoms with van der Waals surface area (Å²) >= 11 is 0. The molecule has 188 valence electrons. The average Bonchev–Trinajstić information content (AvgIpc) is 3.29. The highest BCUT2D eigenvalue weighted by Gasteiger charge is 2.34. The van der Waals surface area contributed by atoms with Gasteiger partial charge in [-0.2, -0.15) is 0 Å². The van der Waals surface area contributed by atoms with Crippen molar-refractivity contribution in [2.45, 2.75) is 51.6 Å². The van der Waals surface area contributed by atoms with Crippen LogP contribution >= 0.6 is 0 Å². The van der Waals surface area contributed by atoms with Gasteiger partial charge in [0.1, 0.15) is 5.82 Å². The lowest BCUT2D eigenvalue weighted by atomic mass is 9.70. The number of amides is 1. The molecule has 1 amide bonds. The van der Waals surface area contributed by atoms with Gasteiger partial charge in [-0.1, -0.05) is 19.4 Å². The van der Waals surface area contributed by atoms with E-state index in [-0.39, 0.29) is 18.0 Å². The summed E-state index contributed by atoms with van der Waals surface area (Å²) < 4.78 is 20.6. The smallest absolute Gasteiger partial charge is 0.316 e. The van der Waals surface area contributed by atoms with Crippen LogP contribution in [0.5, 0.6) is 6.01 Å². The van der Waals surface area contributed by atoms with Crippen LogP contribution in [0.1, 0.15) is 55.8 Å². The quantitative estimate of drug-likeness (QED) is 0.647. The first kappa shape index (κ1) is 24.1. The van der Waals surface area contributed by atoms with Crippen LogP contribution in [0, 0.1) is 17.2 Å². The number of nitrogens with zero attached hydrogens (tertiary/aromatic N) is 4. The molecule has 8 heteroatoms. The molecule has 5 rings (SSSR count). The number of β-amino-alcohol motifs (C(OH)–C–C–N with tert-alkyl or cyclic N) is 1. The van der Waals surface area contributed by atoms with Gasteiger partial charge in [-0.05, 0) is 68.7 Å². The van der Waals surface area contributed by atoms with Crippen molar-refractivity contribution in [2.75, 3.05) is 39.3 Å². The van der Waals surface area contributed by atoms with Gasteiger partial charge >= 0.3 is 6.01 Å². The summed E-state index contributed by atoms with van der Waals surface area (Å²) in [6.45, 7) is 7.25. The SMILES string of the molecule is CC1(CN2CCC(COc3ncc(-c4ccc(C(=O)N5CC[C@H](O)C5)cc4F)cn3)CC2)CCC1. The molecular weight excluding hydrogens is 447 g/mol. The third-order valence-electron chi connectivity index (χ3n) is 7.93. The molecule has 1 aromatic carbocycles. The summed E-state index contributed by atoms with van der Waals surface area (Å²) in [5.41, 5.74) is 1.67. The van der Waals surface area contributed by atoms with Gasteiger partial charge in [-0.25, -0.2) is 14.4 Å². The van der Waals surface area contributed by atoms with E-state index in [0.29, 0.717) is 48.0 Å². The number of piperidine rings is 1. The van der Waals surface area contributed by atoms with E-state index in [2.05, 4.69) is 21.8 Å². The van der Waals surface area contributed by atoms with E-state index in [1.165, 1.54) is 31.9 Å². The average molecular weight is 483 g/mol. The molecule has 35 heavy (non-hydrogen) atoms. The maximum atomic E-state index is 14.8. The van der Waals surface area contributed by atoms with Crippen LogP contribution in [0.3, 0.4) is 0 Å². The molecule has 7 nitrogen and oxygen atoms in total. The summed E-state index contributed by atoms with van der Waals surface area (Å²) in [5, 5.41) is 9.64. The Bertz CT molecular complexity index is 1040. The molecule has 0 bridgehead atoms. The van der Waals surface area contributed by atoms with Crippen LogP contribution in [0.4, 0.5) is 4.39 Å². The monoisotopic (exact) mass is 482 g/mol. The van der Waals surface area contributed by atoms with Crippen molar-refractivity contribution in [1.29, 1.82) is 0 Å². The molecule has 0 unspecified atom stereocenters. The maximum absolute atomic E-state index is 14.8. The molecule has 3 aliphatic rings. The van der Waals surface area contributed by atoms with Gasteiger partial charge in [-0.15, -0.1) is 0 Å². The Labute approximate surface area is 206 Å². The minimum absolute atomic E-state index is 0.268. The fourth-order valence-electron chi connectivity index (χ4n) is 5.50. The van der Waals surface area contributed by atoms with E-state index in [9.17, 15) is 14.3 Å². The second-order valence-corrected chi connectivity index (χ2v) is 10.8. The first-order chi connectivity index (χ1) is 16.9. The number of hydrogen-bond donors (Lipinski definition) is 1. The number of aromatic nitrogens is 2. The summed E-state index contributed by atoms with van der Waals surface area (Å²) in [6.07, 6.45) is 9.51. The van der Waals surface area contributed by atoms with E-state index in [4.69, 9.17) is 4.74 Å². The summed E-state index contributed by atoms with van der Waals surface area (Å²) in [5.74, 6) is -0.270. The Morgan fingerprint density at radius 3 is 2.51 bits per heavy atom. The van der Waals surface area contributed by atoms with Crippen LogP contribution in [-0.4, -0.2) is 76.2 Å². The number of ether oxygens (including phenoxy) is 1. The van der Waals surface area contributed by atoms with Crippen molar-refractivity contribution < 1.29 is 19.0 Å². The Balaban J connectivity index is 1.12. The highest BCUT2D eigenvalue weighted by molar-refractivity contribution is 5.95. The lowest BCUT2D eigenvalue weighted by Crippen LogP contribution is -2.44. The molecule has 1 saturated carbocycles. The normalized spacial score (nSPS) is 22.7. The van der Waals surface area contributed by atoms with E-state index in [0.717, 1.165) is 25.9 Å². The first-order valence-electron chi connectivity index (χ1n) is 12.8. The zero-order chi connectivity index (χ0) is 24.4. The first-order valence-corrected chi connectivity index (χ1v) is 12.8. The van der Waals surface area contributed by atoms with Crippen molar-refractivity contribution in [2.24, 2.45) is 11.3 Å². The lowest BCUT2D eigenvalue weighted by molar-refractivity contribution is 0.0557. The molecular formula is C27H35FN4O3. The van der Waals surface area contributed by atoms with Crippen molar-refractivity contribution in [3.8, 4) is 17.1 Å². The minimum Gasteiger partial charge on any atom is -0.463 e. The number of aliphatic hydroxyl groups is 1. The minimum atomic E-state index is -0.505. The third kappa shape index (κ3) is 5.64. The number of carbonyl (C=O) groups excluding carboxylic acids is 1. The van der Waals surface area contributed by atoms with Gasteiger partial charge < -0.3 is 19.6 Å². The van der Waals surface area contributed by atoms with Crippen LogP contribution in [-0.2, 0) is 0 Å². The number of halogens is 1. The van der Waals surface area contributed by atoms with Crippen LogP contribution in [0.15, 0.2) is 30.6 Å². The predicted octanol–water partition coefficient (Wildman–Crippen LogP) is 3.77.